The van der Waals surface area contributed by atoms with Gasteiger partial charge in [0, 0.05) is 5.92 Å². The zero-order chi connectivity index (χ0) is 18.3. The monoisotopic (exact) mass is 376 g/mol. The van der Waals surface area contributed by atoms with Crippen LogP contribution in [0.25, 0.3) is 0 Å². The van der Waals surface area contributed by atoms with E-state index in [4.69, 9.17) is 0 Å². The molecule has 4 bridgehead atoms. The second-order valence-electron chi connectivity index (χ2n) is 10.5. The molecule has 0 spiro atoms. The van der Waals surface area contributed by atoms with E-state index in [1.165, 1.54) is 38.5 Å². The van der Waals surface area contributed by atoms with Crippen LogP contribution in [-0.2, 0) is 10.1 Å². The van der Waals surface area contributed by atoms with Gasteiger partial charge in [-0.2, -0.15) is 8.42 Å². The molecule has 1 N–H and O–H groups in total. The Morgan fingerprint density at radius 1 is 1.00 bits per heavy atom. The second-order valence-corrected chi connectivity index (χ2v) is 11.9. The maximum Gasteiger partial charge on any atom is 0.291 e. The minimum absolute atomic E-state index is 0.0258. The molecule has 5 rings (SSSR count). The summed E-state index contributed by atoms with van der Waals surface area (Å²) in [6, 6.07) is 0. The molecular weight excluding hydrogens is 344 g/mol. The lowest BCUT2D eigenvalue weighted by Gasteiger charge is -2.46. The van der Waals surface area contributed by atoms with Gasteiger partial charge in [0.25, 0.3) is 10.1 Å². The summed E-state index contributed by atoms with van der Waals surface area (Å²) in [6.07, 6.45) is 14.8. The molecule has 0 radical (unpaired) electrons. The minimum atomic E-state index is -4.18. The van der Waals surface area contributed by atoms with Gasteiger partial charge in [0.2, 0.25) is 0 Å². The molecule has 26 heavy (non-hydrogen) atoms. The molecule has 0 aromatic rings. The molecule has 0 heterocycles. The number of fused-ring (bicyclic) bond motifs is 4. The van der Waals surface area contributed by atoms with Crippen LogP contribution in [0.2, 0.25) is 0 Å². The molecule has 0 aromatic carbocycles. The lowest BCUT2D eigenvalue weighted by atomic mass is 9.61. The molecular formula is C22H32O3S. The van der Waals surface area contributed by atoms with E-state index in [0.717, 1.165) is 36.7 Å². The molecule has 3 nitrogen and oxygen atoms in total. The van der Waals surface area contributed by atoms with Crippen LogP contribution in [0.1, 0.15) is 71.6 Å². The van der Waals surface area contributed by atoms with Gasteiger partial charge in [0.05, 0.1) is 4.91 Å². The zero-order valence-corrected chi connectivity index (χ0v) is 16.9. The topological polar surface area (TPSA) is 54.4 Å². The lowest BCUT2D eigenvalue weighted by molar-refractivity contribution is 0.119. The first-order valence-corrected chi connectivity index (χ1v) is 12.0. The molecule has 4 saturated carbocycles. The molecule has 0 amide bonds. The molecule has 5 aliphatic rings. The van der Waals surface area contributed by atoms with Crippen LogP contribution in [0, 0.1) is 40.4 Å². The third-order valence-corrected chi connectivity index (χ3v) is 10.3. The molecule has 5 aliphatic carbocycles. The fraction of sp³-hybridized carbons (Fsp3) is 0.818. The Balaban J connectivity index is 1.63. The third-order valence-electron chi connectivity index (χ3n) is 9.28. The molecule has 0 saturated heterocycles. The first-order chi connectivity index (χ1) is 12.2. The molecule has 7 unspecified atom stereocenters. The van der Waals surface area contributed by atoms with Crippen molar-refractivity contribution in [2.24, 2.45) is 40.4 Å². The summed E-state index contributed by atoms with van der Waals surface area (Å²) in [5.74, 6) is 2.67. The van der Waals surface area contributed by atoms with Crippen molar-refractivity contribution in [1.82, 2.24) is 0 Å². The third kappa shape index (κ3) is 2.30. The highest BCUT2D eigenvalue weighted by Crippen LogP contribution is 2.65. The van der Waals surface area contributed by atoms with Gasteiger partial charge in [-0.25, -0.2) is 0 Å². The predicted molar refractivity (Wildman–Crippen MR) is 103 cm³/mol. The number of hydrogen-bond acceptors (Lipinski definition) is 2. The van der Waals surface area contributed by atoms with Gasteiger partial charge in [-0.1, -0.05) is 38.8 Å². The zero-order valence-electron chi connectivity index (χ0n) is 16.1. The average Bonchev–Trinajstić information content (AvgIpc) is 3.33. The maximum absolute atomic E-state index is 12.7. The quantitative estimate of drug-likeness (QED) is 0.675. The summed E-state index contributed by atoms with van der Waals surface area (Å²) in [7, 11) is -4.18. The lowest BCUT2D eigenvalue weighted by Crippen LogP contribution is -2.39. The van der Waals surface area contributed by atoms with Gasteiger partial charge in [-0.15, -0.1) is 0 Å². The van der Waals surface area contributed by atoms with E-state index in [0.29, 0.717) is 16.7 Å². The van der Waals surface area contributed by atoms with Gasteiger partial charge >= 0.3 is 0 Å². The SMILES string of the molecule is CC1(C2=C(S(=O)(=O)O)C(C3(C)CC4CCC3C4)CC=C2)CC2CCC1C2. The average molecular weight is 377 g/mol. The molecule has 0 aliphatic heterocycles. The number of allylic oxidation sites excluding steroid dienone is 4. The van der Waals surface area contributed by atoms with Crippen molar-refractivity contribution in [3.05, 3.63) is 22.6 Å². The fourth-order valence-corrected chi connectivity index (χ4v) is 9.37. The van der Waals surface area contributed by atoms with Crippen LogP contribution >= 0.6 is 0 Å². The van der Waals surface area contributed by atoms with E-state index in [1.54, 1.807) is 0 Å². The van der Waals surface area contributed by atoms with Crippen molar-refractivity contribution in [3.8, 4) is 0 Å². The Hall–Kier alpha value is -0.610. The highest BCUT2D eigenvalue weighted by atomic mass is 32.2. The summed E-state index contributed by atoms with van der Waals surface area (Å²) in [4.78, 5) is 0.408. The molecule has 4 heteroatoms. The summed E-state index contributed by atoms with van der Waals surface area (Å²) in [6.45, 7) is 4.58. The second kappa shape index (κ2) is 5.47. The first kappa shape index (κ1) is 17.5. The van der Waals surface area contributed by atoms with Crippen LogP contribution in [0.3, 0.4) is 0 Å². The van der Waals surface area contributed by atoms with E-state index in [-0.39, 0.29) is 16.7 Å². The van der Waals surface area contributed by atoms with Crippen LogP contribution in [-0.4, -0.2) is 13.0 Å². The highest BCUT2D eigenvalue weighted by molar-refractivity contribution is 7.89. The summed E-state index contributed by atoms with van der Waals surface area (Å²) >= 11 is 0. The Labute approximate surface area is 158 Å². The molecule has 7 atom stereocenters. The molecule has 0 aromatic heterocycles. The number of rotatable bonds is 3. The van der Waals surface area contributed by atoms with Crippen LogP contribution in [0.5, 0.6) is 0 Å². The largest absolute Gasteiger partial charge is 0.291 e. The van der Waals surface area contributed by atoms with E-state index in [2.05, 4.69) is 26.0 Å². The van der Waals surface area contributed by atoms with Gasteiger partial charge < -0.3 is 0 Å². The van der Waals surface area contributed by atoms with Gasteiger partial charge in [-0.3, -0.25) is 4.55 Å². The van der Waals surface area contributed by atoms with Crippen LogP contribution in [0.15, 0.2) is 22.6 Å². The highest BCUT2D eigenvalue weighted by Gasteiger charge is 2.57. The van der Waals surface area contributed by atoms with Crippen LogP contribution < -0.4 is 0 Å². The summed E-state index contributed by atoms with van der Waals surface area (Å²) in [5, 5.41) is 0. The summed E-state index contributed by atoms with van der Waals surface area (Å²) < 4.78 is 35.7. The minimum Gasteiger partial charge on any atom is -0.282 e. The van der Waals surface area contributed by atoms with Crippen LogP contribution in [0.4, 0.5) is 0 Å². The maximum atomic E-state index is 12.7. The van der Waals surface area contributed by atoms with E-state index >= 15 is 0 Å². The predicted octanol–water partition coefficient (Wildman–Crippen LogP) is 5.36. The van der Waals surface area contributed by atoms with Crippen molar-refractivity contribution in [1.29, 1.82) is 0 Å². The van der Waals surface area contributed by atoms with Crippen molar-refractivity contribution in [2.45, 2.75) is 71.6 Å². The van der Waals surface area contributed by atoms with Crippen molar-refractivity contribution in [2.75, 3.05) is 0 Å². The fourth-order valence-electron chi connectivity index (χ4n) is 8.07. The Morgan fingerprint density at radius 3 is 2.15 bits per heavy atom. The van der Waals surface area contributed by atoms with E-state index in [1.807, 2.05) is 0 Å². The standard InChI is InChI=1S/C22H32O3S/c1-21(12-14-6-8-16(21)10-14)18-4-3-5-19(20(18)26(23,24)25)22(2)13-15-7-9-17(22)11-15/h3-4,14-17,19H,5-13H2,1-2H3,(H,23,24,25). The van der Waals surface area contributed by atoms with Gasteiger partial charge in [-0.05, 0) is 85.0 Å². The number of hydrogen-bond donors (Lipinski definition) is 1. The molecule has 4 fully saturated rings. The Morgan fingerprint density at radius 2 is 1.65 bits per heavy atom. The Bertz CT molecular complexity index is 794. The van der Waals surface area contributed by atoms with Gasteiger partial charge in [0.15, 0.2) is 0 Å². The smallest absolute Gasteiger partial charge is 0.282 e. The van der Waals surface area contributed by atoms with Crippen molar-refractivity contribution >= 4 is 10.1 Å². The summed E-state index contributed by atoms with van der Waals surface area (Å²) in [5.41, 5.74) is 0.919. The Kier molecular flexibility index (Phi) is 3.68. The van der Waals surface area contributed by atoms with Gasteiger partial charge in [0.1, 0.15) is 0 Å². The normalized spacial score (nSPS) is 50.2. The van der Waals surface area contributed by atoms with E-state index < -0.39 is 10.1 Å². The molecule has 144 valence electrons. The first-order valence-electron chi connectivity index (χ1n) is 10.6. The van der Waals surface area contributed by atoms with E-state index in [9.17, 15) is 13.0 Å². The van der Waals surface area contributed by atoms with Crippen molar-refractivity contribution in [3.63, 3.8) is 0 Å². The van der Waals surface area contributed by atoms with Crippen molar-refractivity contribution < 1.29 is 13.0 Å².